The Morgan fingerprint density at radius 1 is 1.19 bits per heavy atom. The fourth-order valence-corrected chi connectivity index (χ4v) is 1.94. The van der Waals surface area contributed by atoms with Gasteiger partial charge in [-0.2, -0.15) is 0 Å². The van der Waals surface area contributed by atoms with E-state index in [0.29, 0.717) is 5.75 Å². The zero-order chi connectivity index (χ0) is 11.5. The third-order valence-electron chi connectivity index (χ3n) is 2.64. The number of benzene rings is 2. The molecule has 2 aromatic carbocycles. The number of fused-ring (bicyclic) bond motifs is 1. The first kappa shape index (κ1) is 11.2. The van der Waals surface area contributed by atoms with E-state index in [0.717, 1.165) is 34.3 Å². The summed E-state index contributed by atoms with van der Waals surface area (Å²) in [5.41, 5.74) is 0.948. The van der Waals surface area contributed by atoms with Crippen molar-refractivity contribution in [2.45, 2.75) is 6.42 Å². The minimum absolute atomic E-state index is 0.352. The zero-order valence-electron chi connectivity index (χ0n) is 9.13. The molecule has 0 aliphatic rings. The quantitative estimate of drug-likeness (QED) is 0.858. The van der Waals surface area contributed by atoms with Crippen LogP contribution in [0.5, 0.6) is 5.75 Å². The number of nitrogens with one attached hydrogen (secondary N) is 1. The molecule has 2 nitrogen and oxygen atoms in total. The number of aromatic hydroxyl groups is 1. The summed E-state index contributed by atoms with van der Waals surface area (Å²) in [6, 6.07) is 9.44. The second-order valence-corrected chi connectivity index (χ2v) is 4.26. The minimum Gasteiger partial charge on any atom is -0.508 e. The van der Waals surface area contributed by atoms with Crippen molar-refractivity contribution in [2.75, 3.05) is 13.6 Å². The first-order valence-corrected chi connectivity index (χ1v) is 5.64. The van der Waals surface area contributed by atoms with Crippen LogP contribution >= 0.6 is 11.6 Å². The minimum atomic E-state index is 0.352. The average molecular weight is 236 g/mol. The van der Waals surface area contributed by atoms with E-state index < -0.39 is 0 Å². The molecule has 3 heteroatoms. The molecule has 0 spiro atoms. The summed E-state index contributed by atoms with van der Waals surface area (Å²) in [5.74, 6) is 0.352. The van der Waals surface area contributed by atoms with E-state index >= 15 is 0 Å². The first-order chi connectivity index (χ1) is 7.70. The Bertz CT molecular complexity index is 511. The molecule has 2 rings (SSSR count). The summed E-state index contributed by atoms with van der Waals surface area (Å²) in [7, 11) is 1.90. The maximum absolute atomic E-state index is 9.84. The fraction of sp³-hybridized carbons (Fsp3) is 0.231. The molecule has 16 heavy (non-hydrogen) atoms. The van der Waals surface area contributed by atoms with Crippen molar-refractivity contribution in [1.29, 1.82) is 0 Å². The van der Waals surface area contributed by atoms with Crippen LogP contribution in [0.3, 0.4) is 0 Å². The molecule has 0 atom stereocenters. The molecule has 0 saturated carbocycles. The SMILES string of the molecule is CNCCc1cc2cc(Cl)ccc2cc1O. The van der Waals surface area contributed by atoms with E-state index in [9.17, 15) is 5.11 Å². The second-order valence-electron chi connectivity index (χ2n) is 3.83. The number of halogens is 1. The lowest BCUT2D eigenvalue weighted by Crippen LogP contribution is -2.10. The highest BCUT2D eigenvalue weighted by atomic mass is 35.5. The van der Waals surface area contributed by atoms with E-state index in [4.69, 9.17) is 11.6 Å². The second kappa shape index (κ2) is 4.73. The average Bonchev–Trinajstić information content (AvgIpc) is 2.27. The zero-order valence-corrected chi connectivity index (χ0v) is 9.88. The van der Waals surface area contributed by atoms with Crippen molar-refractivity contribution in [2.24, 2.45) is 0 Å². The summed E-state index contributed by atoms with van der Waals surface area (Å²) in [6.45, 7) is 0.847. The molecule has 0 fully saturated rings. The van der Waals surface area contributed by atoms with Gasteiger partial charge in [0.25, 0.3) is 0 Å². The third-order valence-corrected chi connectivity index (χ3v) is 2.88. The number of phenolic OH excluding ortho intramolecular Hbond substituents is 1. The molecular formula is C13H14ClNO. The Morgan fingerprint density at radius 2 is 2.00 bits per heavy atom. The van der Waals surface area contributed by atoms with Gasteiger partial charge >= 0.3 is 0 Å². The molecule has 2 N–H and O–H groups in total. The summed E-state index contributed by atoms with van der Waals surface area (Å²) >= 11 is 5.94. The van der Waals surface area contributed by atoms with Crippen LogP contribution in [-0.4, -0.2) is 18.7 Å². The van der Waals surface area contributed by atoms with Gasteiger partial charge in [0, 0.05) is 5.02 Å². The van der Waals surface area contributed by atoms with Gasteiger partial charge in [0.05, 0.1) is 0 Å². The maximum Gasteiger partial charge on any atom is 0.119 e. The lowest BCUT2D eigenvalue weighted by Gasteiger charge is -2.07. The van der Waals surface area contributed by atoms with Gasteiger partial charge in [0.2, 0.25) is 0 Å². The van der Waals surface area contributed by atoms with Crippen LogP contribution in [0, 0.1) is 0 Å². The fourth-order valence-electron chi connectivity index (χ4n) is 1.76. The summed E-state index contributed by atoms with van der Waals surface area (Å²) in [6.07, 6.45) is 0.810. The lowest BCUT2D eigenvalue weighted by atomic mass is 10.0. The molecule has 0 heterocycles. The number of rotatable bonds is 3. The van der Waals surface area contributed by atoms with Crippen LogP contribution in [0.2, 0.25) is 5.02 Å². The molecule has 0 saturated heterocycles. The molecule has 0 unspecified atom stereocenters. The number of likely N-dealkylation sites (N-methyl/N-ethyl adjacent to an activating group) is 1. The predicted molar refractivity (Wildman–Crippen MR) is 68.3 cm³/mol. The van der Waals surface area contributed by atoms with Gasteiger partial charge in [-0.15, -0.1) is 0 Å². The van der Waals surface area contributed by atoms with E-state index in [-0.39, 0.29) is 0 Å². The van der Waals surface area contributed by atoms with Crippen LogP contribution in [-0.2, 0) is 6.42 Å². The highest BCUT2D eigenvalue weighted by Crippen LogP contribution is 2.27. The molecule has 0 aliphatic heterocycles. The van der Waals surface area contributed by atoms with E-state index in [1.54, 1.807) is 6.07 Å². The Balaban J connectivity index is 2.46. The van der Waals surface area contributed by atoms with Gasteiger partial charge in [-0.25, -0.2) is 0 Å². The molecule has 2 aromatic rings. The third kappa shape index (κ3) is 2.29. The smallest absolute Gasteiger partial charge is 0.119 e. The molecule has 0 amide bonds. The molecule has 0 bridgehead atoms. The Labute approximate surface area is 99.9 Å². The monoisotopic (exact) mass is 235 g/mol. The van der Waals surface area contributed by atoms with Gasteiger partial charge in [-0.1, -0.05) is 17.7 Å². The van der Waals surface area contributed by atoms with Gasteiger partial charge in [0.1, 0.15) is 5.75 Å². The van der Waals surface area contributed by atoms with Crippen molar-refractivity contribution >= 4 is 22.4 Å². The molecule has 84 valence electrons. The number of hydrogen-bond donors (Lipinski definition) is 2. The van der Waals surface area contributed by atoms with E-state index in [1.165, 1.54) is 0 Å². The van der Waals surface area contributed by atoms with Gasteiger partial charge in [0.15, 0.2) is 0 Å². The highest BCUT2D eigenvalue weighted by molar-refractivity contribution is 6.31. The van der Waals surface area contributed by atoms with E-state index in [2.05, 4.69) is 5.32 Å². The summed E-state index contributed by atoms with van der Waals surface area (Å²) in [5, 5.41) is 15.7. The van der Waals surface area contributed by atoms with Crippen molar-refractivity contribution in [3.8, 4) is 5.75 Å². The Kier molecular flexibility index (Phi) is 3.32. The topological polar surface area (TPSA) is 32.3 Å². The Morgan fingerprint density at radius 3 is 2.75 bits per heavy atom. The Hall–Kier alpha value is -1.25. The van der Waals surface area contributed by atoms with Crippen LogP contribution < -0.4 is 5.32 Å². The van der Waals surface area contributed by atoms with Gasteiger partial charge in [-0.3, -0.25) is 0 Å². The van der Waals surface area contributed by atoms with E-state index in [1.807, 2.05) is 31.3 Å². The van der Waals surface area contributed by atoms with Crippen molar-refractivity contribution in [3.05, 3.63) is 40.9 Å². The normalized spacial score (nSPS) is 10.9. The first-order valence-electron chi connectivity index (χ1n) is 5.26. The molecule has 0 aromatic heterocycles. The summed E-state index contributed by atoms with van der Waals surface area (Å²) in [4.78, 5) is 0. The van der Waals surface area contributed by atoms with Crippen molar-refractivity contribution in [3.63, 3.8) is 0 Å². The van der Waals surface area contributed by atoms with Gasteiger partial charge < -0.3 is 10.4 Å². The number of hydrogen-bond acceptors (Lipinski definition) is 2. The largest absolute Gasteiger partial charge is 0.508 e. The molecular weight excluding hydrogens is 222 g/mol. The summed E-state index contributed by atoms with van der Waals surface area (Å²) < 4.78 is 0. The standard InChI is InChI=1S/C13H14ClNO/c1-15-5-4-10-6-11-7-12(14)3-2-9(11)8-13(10)16/h2-3,6-8,15-16H,4-5H2,1H3. The van der Waals surface area contributed by atoms with Crippen molar-refractivity contribution in [1.82, 2.24) is 5.32 Å². The van der Waals surface area contributed by atoms with Crippen LogP contribution in [0.1, 0.15) is 5.56 Å². The maximum atomic E-state index is 9.84. The lowest BCUT2D eigenvalue weighted by molar-refractivity contribution is 0.468. The van der Waals surface area contributed by atoms with Crippen LogP contribution in [0.15, 0.2) is 30.3 Å². The highest BCUT2D eigenvalue weighted by Gasteiger charge is 2.04. The molecule has 0 radical (unpaired) electrons. The number of phenols is 1. The van der Waals surface area contributed by atoms with Crippen LogP contribution in [0.4, 0.5) is 0 Å². The predicted octanol–water partition coefficient (Wildman–Crippen LogP) is 2.96. The van der Waals surface area contributed by atoms with Gasteiger partial charge in [-0.05, 0) is 60.6 Å². The van der Waals surface area contributed by atoms with Crippen molar-refractivity contribution < 1.29 is 5.11 Å². The van der Waals surface area contributed by atoms with Crippen LogP contribution in [0.25, 0.3) is 10.8 Å². The molecule has 0 aliphatic carbocycles.